The van der Waals surface area contributed by atoms with Crippen molar-refractivity contribution in [3.63, 3.8) is 0 Å². The molecule has 0 unspecified atom stereocenters. The van der Waals surface area contributed by atoms with Crippen molar-refractivity contribution in [2.75, 3.05) is 32.3 Å². The number of nitrogens with one attached hydrogen (secondary N) is 1. The molecule has 1 fully saturated rings. The number of hydrogen-bond donors (Lipinski definition) is 3. The van der Waals surface area contributed by atoms with Gasteiger partial charge in [0.05, 0.1) is 37.3 Å². The largest absolute Gasteiger partial charge is 0.493 e. The smallest absolute Gasteiger partial charge is 0.407 e. The van der Waals surface area contributed by atoms with Gasteiger partial charge in [-0.3, -0.25) is 4.79 Å². The van der Waals surface area contributed by atoms with E-state index in [9.17, 15) is 14.4 Å². The molecular weight excluding hydrogens is 652 g/mol. The van der Waals surface area contributed by atoms with E-state index in [-0.39, 0.29) is 42.4 Å². The van der Waals surface area contributed by atoms with Crippen LogP contribution < -0.4 is 31.7 Å². The average molecular weight is 697 g/mol. The van der Waals surface area contributed by atoms with Gasteiger partial charge in [0.25, 0.3) is 0 Å². The van der Waals surface area contributed by atoms with Crippen molar-refractivity contribution in [2.45, 2.75) is 77.5 Å². The number of anilines is 2. The number of rotatable bonds is 8. The first-order chi connectivity index (χ1) is 24.3. The van der Waals surface area contributed by atoms with Crippen LogP contribution in [0.3, 0.4) is 0 Å². The second-order valence-corrected chi connectivity index (χ2v) is 13.3. The number of alkyl carbamates (subject to hydrolysis) is 1. The standard InChI is InChI=1S/C38H44N6O7/c1-7-50-35(46)28-21-44(27-15-13-26(14-16-27)42-37(47)51-38(2,3)4)29-18-22(11-12-23-9-8-10-30(48-5)33(23)49-6)17-24(31(29)32(28)45)19-25-20-41-36(40)43-34(25)39/h8-10,17-18,20-21,26-27H,7,13-16,19H2,1-6H3,(H,42,47)(H4,39,40,41,43). The minimum atomic E-state index is -0.714. The van der Waals surface area contributed by atoms with Crippen LogP contribution >= 0.6 is 0 Å². The van der Waals surface area contributed by atoms with Gasteiger partial charge in [-0.05, 0) is 83.2 Å². The molecule has 2 heterocycles. The van der Waals surface area contributed by atoms with E-state index in [0.717, 1.165) is 0 Å². The summed E-state index contributed by atoms with van der Waals surface area (Å²) in [7, 11) is 3.11. The van der Waals surface area contributed by atoms with E-state index < -0.39 is 23.1 Å². The summed E-state index contributed by atoms with van der Waals surface area (Å²) < 4.78 is 23.8. The number of aromatic nitrogens is 3. The number of carbonyl (C=O) groups excluding carboxylic acids is 2. The van der Waals surface area contributed by atoms with Crippen LogP contribution in [-0.2, 0) is 15.9 Å². The molecule has 1 amide bonds. The van der Waals surface area contributed by atoms with Gasteiger partial charge in [0.15, 0.2) is 11.5 Å². The van der Waals surface area contributed by atoms with Crippen molar-refractivity contribution < 1.29 is 28.5 Å². The molecule has 1 aliphatic rings. The minimum absolute atomic E-state index is 0.0247. The van der Waals surface area contributed by atoms with Crippen molar-refractivity contribution in [3.8, 4) is 23.3 Å². The Labute approximate surface area is 296 Å². The van der Waals surface area contributed by atoms with E-state index in [1.807, 2.05) is 43.5 Å². The summed E-state index contributed by atoms with van der Waals surface area (Å²) in [5.74, 6) is 6.96. The van der Waals surface area contributed by atoms with Gasteiger partial charge >= 0.3 is 12.1 Å². The molecule has 4 aromatic rings. The van der Waals surface area contributed by atoms with E-state index in [2.05, 4.69) is 27.1 Å². The second-order valence-electron chi connectivity index (χ2n) is 13.3. The Kier molecular flexibility index (Phi) is 11.0. The summed E-state index contributed by atoms with van der Waals surface area (Å²) >= 11 is 0. The zero-order valence-corrected chi connectivity index (χ0v) is 29.8. The lowest BCUT2D eigenvalue weighted by Gasteiger charge is -2.32. The van der Waals surface area contributed by atoms with Gasteiger partial charge in [-0.1, -0.05) is 17.9 Å². The SMILES string of the molecule is CCOC(=O)c1cn(C2CCC(NC(=O)OC(C)(C)C)CC2)c2cc(C#Cc3cccc(OC)c3OC)cc(Cc3cnc(N)nc3N)c2c1=O. The van der Waals surface area contributed by atoms with Crippen LogP contribution in [0.25, 0.3) is 10.9 Å². The van der Waals surface area contributed by atoms with Crippen molar-refractivity contribution in [1.82, 2.24) is 19.9 Å². The Morgan fingerprint density at radius 2 is 1.78 bits per heavy atom. The van der Waals surface area contributed by atoms with Crippen molar-refractivity contribution >= 4 is 34.7 Å². The molecule has 1 saturated carbocycles. The molecule has 5 N–H and O–H groups in total. The molecule has 0 spiro atoms. The Morgan fingerprint density at radius 3 is 2.43 bits per heavy atom. The number of para-hydroxylation sites is 1. The zero-order chi connectivity index (χ0) is 36.9. The lowest BCUT2D eigenvalue weighted by molar-refractivity contribution is 0.0483. The summed E-state index contributed by atoms with van der Waals surface area (Å²) in [6.07, 6.45) is 5.45. The number of nitrogens with two attached hydrogens (primary N) is 2. The van der Waals surface area contributed by atoms with E-state index in [0.29, 0.717) is 70.3 Å². The molecule has 0 bridgehead atoms. The average Bonchev–Trinajstić information content (AvgIpc) is 3.08. The fourth-order valence-electron chi connectivity index (χ4n) is 6.29. The summed E-state index contributed by atoms with van der Waals surface area (Å²) in [5, 5.41) is 3.31. The maximum atomic E-state index is 14.2. The van der Waals surface area contributed by atoms with Crippen LogP contribution in [0.1, 0.15) is 92.0 Å². The van der Waals surface area contributed by atoms with Crippen LogP contribution in [0.15, 0.2) is 47.5 Å². The monoisotopic (exact) mass is 696 g/mol. The number of amides is 1. The summed E-state index contributed by atoms with van der Waals surface area (Å²) in [5.41, 5.74) is 13.8. The Hall–Kier alpha value is -5.77. The number of methoxy groups -OCH3 is 2. The van der Waals surface area contributed by atoms with Gasteiger partial charge in [-0.2, -0.15) is 4.98 Å². The molecule has 2 aromatic heterocycles. The molecule has 0 atom stereocenters. The Bertz CT molecular complexity index is 2070. The number of pyridine rings is 1. The highest BCUT2D eigenvalue weighted by Crippen LogP contribution is 2.34. The molecule has 0 radical (unpaired) electrons. The maximum absolute atomic E-state index is 14.2. The quantitative estimate of drug-likeness (QED) is 0.164. The topological polar surface area (TPSA) is 183 Å². The van der Waals surface area contributed by atoms with Crippen LogP contribution in [0.2, 0.25) is 0 Å². The van der Waals surface area contributed by atoms with Crippen LogP contribution in [-0.4, -0.2) is 59.1 Å². The van der Waals surface area contributed by atoms with E-state index >= 15 is 0 Å². The van der Waals surface area contributed by atoms with E-state index in [1.54, 1.807) is 39.5 Å². The van der Waals surface area contributed by atoms with Gasteiger partial charge in [0.1, 0.15) is 17.0 Å². The summed E-state index contributed by atoms with van der Waals surface area (Å²) in [6, 6.07) is 8.89. The molecule has 5 rings (SSSR count). The normalized spacial score (nSPS) is 15.7. The zero-order valence-electron chi connectivity index (χ0n) is 29.8. The summed E-state index contributed by atoms with van der Waals surface area (Å²) in [6.45, 7) is 7.25. The van der Waals surface area contributed by atoms with Crippen LogP contribution in [0.5, 0.6) is 11.5 Å². The molecule has 0 aliphatic heterocycles. The highest BCUT2D eigenvalue weighted by Gasteiger charge is 2.28. The molecule has 13 nitrogen and oxygen atoms in total. The Balaban J connectivity index is 1.66. The van der Waals surface area contributed by atoms with Gasteiger partial charge in [-0.15, -0.1) is 0 Å². The van der Waals surface area contributed by atoms with E-state index in [4.69, 9.17) is 30.4 Å². The Morgan fingerprint density at radius 1 is 1.04 bits per heavy atom. The number of fused-ring (bicyclic) bond motifs is 1. The first-order valence-corrected chi connectivity index (χ1v) is 16.8. The number of hydrogen-bond acceptors (Lipinski definition) is 11. The maximum Gasteiger partial charge on any atom is 0.407 e. The molecule has 0 saturated heterocycles. The van der Waals surface area contributed by atoms with Gasteiger partial charge < -0.3 is 40.3 Å². The number of carbonyl (C=O) groups is 2. The third kappa shape index (κ3) is 8.52. The van der Waals surface area contributed by atoms with Crippen molar-refractivity contribution in [2.24, 2.45) is 0 Å². The first kappa shape index (κ1) is 36.5. The number of esters is 1. The molecule has 13 heteroatoms. The predicted octanol–water partition coefficient (Wildman–Crippen LogP) is 5.15. The summed E-state index contributed by atoms with van der Waals surface area (Å²) in [4.78, 5) is 48.2. The molecule has 1 aliphatic carbocycles. The minimum Gasteiger partial charge on any atom is -0.493 e. The predicted molar refractivity (Wildman–Crippen MR) is 194 cm³/mol. The van der Waals surface area contributed by atoms with Crippen molar-refractivity contribution in [1.29, 1.82) is 0 Å². The number of benzene rings is 2. The molecule has 2 aromatic carbocycles. The van der Waals surface area contributed by atoms with Crippen LogP contribution in [0.4, 0.5) is 16.6 Å². The molecule has 268 valence electrons. The lowest BCUT2D eigenvalue weighted by Crippen LogP contribution is -2.41. The molecular formula is C38H44N6O7. The third-order valence-corrected chi connectivity index (χ3v) is 8.57. The molecule has 51 heavy (non-hydrogen) atoms. The fraction of sp³-hybridized carbons (Fsp3) is 0.395. The second kappa shape index (κ2) is 15.4. The number of nitrogen functional groups attached to an aromatic ring is 2. The van der Waals surface area contributed by atoms with E-state index in [1.165, 1.54) is 6.20 Å². The highest BCUT2D eigenvalue weighted by molar-refractivity contribution is 5.95. The lowest BCUT2D eigenvalue weighted by atomic mass is 9.90. The van der Waals surface area contributed by atoms with Gasteiger partial charge in [-0.25, -0.2) is 14.6 Å². The van der Waals surface area contributed by atoms with Crippen LogP contribution in [0, 0.1) is 11.8 Å². The van der Waals surface area contributed by atoms with Gasteiger partial charge in [0, 0.05) is 42.0 Å². The first-order valence-electron chi connectivity index (χ1n) is 16.8. The van der Waals surface area contributed by atoms with Gasteiger partial charge in [0.2, 0.25) is 11.4 Å². The number of nitrogens with zero attached hydrogens (tertiary/aromatic N) is 3. The third-order valence-electron chi connectivity index (χ3n) is 8.57. The fourth-order valence-corrected chi connectivity index (χ4v) is 6.29. The number of ether oxygens (including phenoxy) is 4. The highest BCUT2D eigenvalue weighted by atomic mass is 16.6. The van der Waals surface area contributed by atoms with Crippen molar-refractivity contribution in [3.05, 3.63) is 80.8 Å².